The summed E-state index contributed by atoms with van der Waals surface area (Å²) in [5, 5.41) is 17.0. The fourth-order valence-electron chi connectivity index (χ4n) is 3.21. The van der Waals surface area contributed by atoms with Crippen LogP contribution in [0.3, 0.4) is 0 Å². The molecule has 2 amide bonds. The summed E-state index contributed by atoms with van der Waals surface area (Å²) < 4.78 is 1.69. The van der Waals surface area contributed by atoms with Gasteiger partial charge in [-0.15, -0.1) is 15.3 Å². The summed E-state index contributed by atoms with van der Waals surface area (Å²) in [4.78, 5) is 15.9. The summed E-state index contributed by atoms with van der Waals surface area (Å²) >= 11 is 12.3. The first-order valence-electron chi connectivity index (χ1n) is 9.02. The SMILES string of the molecule is CCNC(=O)N1CCN(c2ccc3nnc(-c4cc(Cl)cc(Cl)c4)n3n2)CC1. The molecular weight excluding hydrogens is 401 g/mol. The van der Waals surface area contributed by atoms with Crippen LogP contribution >= 0.6 is 23.2 Å². The second-order valence-corrected chi connectivity index (χ2v) is 7.33. The molecule has 0 atom stereocenters. The third-order valence-electron chi connectivity index (χ3n) is 4.59. The molecule has 1 aromatic carbocycles. The molecular formula is C18H19Cl2N7O. The highest BCUT2D eigenvalue weighted by molar-refractivity contribution is 6.35. The first-order valence-corrected chi connectivity index (χ1v) is 9.77. The molecule has 1 N–H and O–H groups in total. The monoisotopic (exact) mass is 419 g/mol. The van der Waals surface area contributed by atoms with Gasteiger partial charge < -0.3 is 15.1 Å². The molecule has 1 fully saturated rings. The lowest BCUT2D eigenvalue weighted by atomic mass is 10.2. The Hall–Kier alpha value is -2.58. The van der Waals surface area contributed by atoms with E-state index in [2.05, 4.69) is 20.4 Å². The van der Waals surface area contributed by atoms with Crippen LogP contribution in [0.1, 0.15) is 6.92 Å². The van der Waals surface area contributed by atoms with Gasteiger partial charge in [-0.2, -0.15) is 4.52 Å². The minimum atomic E-state index is -0.0236. The van der Waals surface area contributed by atoms with E-state index in [1.165, 1.54) is 0 Å². The van der Waals surface area contributed by atoms with Gasteiger partial charge >= 0.3 is 6.03 Å². The van der Waals surface area contributed by atoms with Gasteiger partial charge in [-0.1, -0.05) is 23.2 Å². The smallest absolute Gasteiger partial charge is 0.317 e. The van der Waals surface area contributed by atoms with E-state index in [-0.39, 0.29) is 6.03 Å². The van der Waals surface area contributed by atoms with E-state index in [0.29, 0.717) is 54.2 Å². The predicted octanol–water partition coefficient (Wildman–Crippen LogP) is 2.95. The molecule has 1 aliphatic rings. The number of anilines is 1. The maximum atomic E-state index is 12.0. The second kappa shape index (κ2) is 7.81. The first kappa shape index (κ1) is 18.8. The maximum absolute atomic E-state index is 12.0. The predicted molar refractivity (Wildman–Crippen MR) is 109 cm³/mol. The Labute approximate surface area is 172 Å². The van der Waals surface area contributed by atoms with Gasteiger partial charge in [0.2, 0.25) is 0 Å². The van der Waals surface area contributed by atoms with E-state index in [1.54, 1.807) is 22.7 Å². The number of piperazine rings is 1. The molecule has 3 heterocycles. The van der Waals surface area contributed by atoms with Crippen molar-refractivity contribution in [1.29, 1.82) is 0 Å². The lowest BCUT2D eigenvalue weighted by Gasteiger charge is -2.35. The molecule has 0 saturated carbocycles. The van der Waals surface area contributed by atoms with Crippen molar-refractivity contribution in [3.63, 3.8) is 0 Å². The zero-order chi connectivity index (χ0) is 19.7. The topological polar surface area (TPSA) is 78.7 Å². The number of hydrogen-bond acceptors (Lipinski definition) is 5. The molecule has 0 spiro atoms. The van der Waals surface area contributed by atoms with Crippen molar-refractivity contribution in [1.82, 2.24) is 30.0 Å². The largest absolute Gasteiger partial charge is 0.352 e. The number of aromatic nitrogens is 4. The fraction of sp³-hybridized carbons (Fsp3) is 0.333. The normalized spacial score (nSPS) is 14.5. The van der Waals surface area contributed by atoms with Gasteiger partial charge in [-0.3, -0.25) is 0 Å². The molecule has 2 aromatic heterocycles. The van der Waals surface area contributed by atoms with Gasteiger partial charge in [0.15, 0.2) is 11.5 Å². The number of fused-ring (bicyclic) bond motifs is 1. The molecule has 3 aromatic rings. The molecule has 1 aliphatic heterocycles. The number of nitrogens with zero attached hydrogens (tertiary/aromatic N) is 6. The molecule has 146 valence electrons. The summed E-state index contributed by atoms with van der Waals surface area (Å²) in [7, 11) is 0. The van der Waals surface area contributed by atoms with Crippen LogP contribution in [-0.4, -0.2) is 63.5 Å². The van der Waals surface area contributed by atoms with E-state index in [1.807, 2.05) is 24.0 Å². The van der Waals surface area contributed by atoms with Gasteiger partial charge in [0.05, 0.1) is 0 Å². The van der Waals surface area contributed by atoms with Crippen LogP contribution in [0.4, 0.5) is 10.6 Å². The Morgan fingerprint density at radius 3 is 2.46 bits per heavy atom. The Bertz CT molecular complexity index is 994. The molecule has 4 rings (SSSR count). The van der Waals surface area contributed by atoms with E-state index in [4.69, 9.17) is 28.3 Å². The first-order chi connectivity index (χ1) is 13.5. The highest BCUT2D eigenvalue weighted by Gasteiger charge is 2.22. The standard InChI is InChI=1S/C18H19Cl2N7O/c1-2-21-18(28)26-7-5-25(6-8-26)16-4-3-15-22-23-17(27(15)24-16)12-9-13(19)11-14(20)10-12/h3-4,9-11H,2,5-8H2,1H3,(H,21,28). The molecule has 10 heteroatoms. The molecule has 1 saturated heterocycles. The Morgan fingerprint density at radius 1 is 1.07 bits per heavy atom. The number of benzene rings is 1. The van der Waals surface area contributed by atoms with Crippen molar-refractivity contribution in [2.24, 2.45) is 0 Å². The molecule has 8 nitrogen and oxygen atoms in total. The fourth-order valence-corrected chi connectivity index (χ4v) is 3.74. The van der Waals surface area contributed by atoms with Crippen molar-refractivity contribution in [3.8, 4) is 11.4 Å². The molecule has 28 heavy (non-hydrogen) atoms. The number of carbonyl (C=O) groups excluding carboxylic acids is 1. The van der Waals surface area contributed by atoms with Crippen molar-refractivity contribution in [2.45, 2.75) is 6.92 Å². The van der Waals surface area contributed by atoms with Crippen LogP contribution in [0, 0.1) is 0 Å². The molecule has 0 aliphatic carbocycles. The Kier molecular flexibility index (Phi) is 5.23. The zero-order valence-corrected chi connectivity index (χ0v) is 16.8. The number of amides is 2. The summed E-state index contributed by atoms with van der Waals surface area (Å²) in [5.41, 5.74) is 1.38. The maximum Gasteiger partial charge on any atom is 0.317 e. The average molecular weight is 420 g/mol. The number of hydrogen-bond donors (Lipinski definition) is 1. The zero-order valence-electron chi connectivity index (χ0n) is 15.3. The van der Waals surface area contributed by atoms with Crippen molar-refractivity contribution in [2.75, 3.05) is 37.6 Å². The van der Waals surface area contributed by atoms with Gasteiger partial charge in [-0.25, -0.2) is 4.79 Å². The van der Waals surface area contributed by atoms with Crippen molar-refractivity contribution in [3.05, 3.63) is 40.4 Å². The van der Waals surface area contributed by atoms with Crippen LogP contribution < -0.4 is 10.2 Å². The van der Waals surface area contributed by atoms with Crippen molar-refractivity contribution >= 4 is 40.7 Å². The molecule has 0 bridgehead atoms. The number of urea groups is 1. The lowest BCUT2D eigenvalue weighted by molar-refractivity contribution is 0.195. The number of rotatable bonds is 3. The van der Waals surface area contributed by atoms with E-state index < -0.39 is 0 Å². The van der Waals surface area contributed by atoms with E-state index in [0.717, 1.165) is 11.4 Å². The van der Waals surface area contributed by atoms with Gasteiger partial charge in [0.25, 0.3) is 0 Å². The minimum absolute atomic E-state index is 0.0236. The Morgan fingerprint density at radius 2 is 1.79 bits per heavy atom. The van der Waals surface area contributed by atoms with Crippen LogP contribution in [-0.2, 0) is 0 Å². The number of nitrogens with one attached hydrogen (secondary N) is 1. The Balaban J connectivity index is 1.59. The van der Waals surface area contributed by atoms with Crippen LogP contribution in [0.2, 0.25) is 10.0 Å². The second-order valence-electron chi connectivity index (χ2n) is 6.45. The molecule has 0 radical (unpaired) electrons. The summed E-state index contributed by atoms with van der Waals surface area (Å²) in [6, 6.07) is 9.00. The number of carbonyl (C=O) groups is 1. The summed E-state index contributed by atoms with van der Waals surface area (Å²) in [6.45, 7) is 5.24. The molecule has 0 unspecified atom stereocenters. The van der Waals surface area contributed by atoms with E-state index in [9.17, 15) is 4.79 Å². The van der Waals surface area contributed by atoms with Crippen LogP contribution in [0.5, 0.6) is 0 Å². The quantitative estimate of drug-likeness (QED) is 0.705. The van der Waals surface area contributed by atoms with E-state index >= 15 is 0 Å². The van der Waals surface area contributed by atoms with Crippen LogP contribution in [0.25, 0.3) is 17.0 Å². The highest BCUT2D eigenvalue weighted by Crippen LogP contribution is 2.26. The lowest BCUT2D eigenvalue weighted by Crippen LogP contribution is -2.52. The van der Waals surface area contributed by atoms with Crippen molar-refractivity contribution < 1.29 is 4.79 Å². The third kappa shape index (κ3) is 3.70. The van der Waals surface area contributed by atoms with Gasteiger partial charge in [-0.05, 0) is 37.3 Å². The average Bonchev–Trinajstić information content (AvgIpc) is 3.11. The third-order valence-corrected chi connectivity index (χ3v) is 5.02. The highest BCUT2D eigenvalue weighted by atomic mass is 35.5. The summed E-state index contributed by atoms with van der Waals surface area (Å²) in [6.07, 6.45) is 0. The van der Waals surface area contributed by atoms with Crippen LogP contribution in [0.15, 0.2) is 30.3 Å². The van der Waals surface area contributed by atoms with Gasteiger partial charge in [0.1, 0.15) is 5.82 Å². The minimum Gasteiger partial charge on any atom is -0.352 e. The number of halogens is 2. The van der Waals surface area contributed by atoms with Gasteiger partial charge in [0, 0.05) is 48.3 Å². The summed E-state index contributed by atoms with van der Waals surface area (Å²) in [5.74, 6) is 1.37.